The average Bonchev–Trinajstić information content (AvgIpc) is 2.92. The van der Waals surface area contributed by atoms with Gasteiger partial charge in [0.2, 0.25) is 11.8 Å². The highest BCUT2D eigenvalue weighted by atomic mass is 35.5. The number of carbonyl (C=O) groups is 2. The molecule has 0 radical (unpaired) electrons. The first-order valence-corrected chi connectivity index (χ1v) is 15.1. The first-order chi connectivity index (χ1) is 19.6. The van der Waals surface area contributed by atoms with Gasteiger partial charge in [-0.1, -0.05) is 60.5 Å². The fourth-order valence-electron chi connectivity index (χ4n) is 4.22. The van der Waals surface area contributed by atoms with Gasteiger partial charge in [0.1, 0.15) is 12.6 Å². The molecular weight excluding hydrogens is 614 g/mol. The van der Waals surface area contributed by atoms with E-state index in [1.807, 2.05) is 0 Å². The number of nitrogens with one attached hydrogen (secondary N) is 1. The average molecular weight is 645 g/mol. The monoisotopic (exact) mass is 643 g/mol. The Balaban J connectivity index is 2.13. The van der Waals surface area contributed by atoms with Crippen molar-refractivity contribution in [3.05, 3.63) is 94.0 Å². The third-order valence-corrected chi connectivity index (χ3v) is 8.62. The Morgan fingerprint density at radius 3 is 2.19 bits per heavy atom. The van der Waals surface area contributed by atoms with Gasteiger partial charge in [-0.05, 0) is 68.3 Å². The van der Waals surface area contributed by atoms with Gasteiger partial charge in [-0.25, -0.2) is 8.42 Å². The van der Waals surface area contributed by atoms with Gasteiger partial charge in [0.05, 0.1) is 16.1 Å². The minimum absolute atomic E-state index is 0.157. The third-order valence-electron chi connectivity index (χ3n) is 6.24. The zero-order chi connectivity index (χ0) is 31.2. The Morgan fingerprint density at radius 1 is 0.952 bits per heavy atom. The fraction of sp³-hybridized carbons (Fsp3) is 0.310. The summed E-state index contributed by atoms with van der Waals surface area (Å²) in [4.78, 5) is 28.1. The van der Waals surface area contributed by atoms with Gasteiger partial charge < -0.3 is 10.2 Å². The molecule has 0 aliphatic rings. The summed E-state index contributed by atoms with van der Waals surface area (Å²) in [6, 6.07) is 14.0. The number of hydrogen-bond acceptors (Lipinski definition) is 4. The largest absolute Gasteiger partial charge is 0.416 e. The van der Waals surface area contributed by atoms with Crippen molar-refractivity contribution in [3.8, 4) is 0 Å². The first-order valence-electron chi connectivity index (χ1n) is 12.9. The van der Waals surface area contributed by atoms with Gasteiger partial charge in [-0.15, -0.1) is 0 Å². The molecule has 0 aliphatic carbocycles. The highest BCUT2D eigenvalue weighted by molar-refractivity contribution is 7.92. The van der Waals surface area contributed by atoms with Gasteiger partial charge in [-0.2, -0.15) is 13.2 Å². The molecule has 13 heteroatoms. The van der Waals surface area contributed by atoms with Gasteiger partial charge in [-0.3, -0.25) is 13.9 Å². The number of halogens is 5. The summed E-state index contributed by atoms with van der Waals surface area (Å²) in [7, 11) is -4.53. The van der Waals surface area contributed by atoms with Gasteiger partial charge >= 0.3 is 6.18 Å². The first kappa shape index (κ1) is 33.2. The van der Waals surface area contributed by atoms with E-state index in [0.717, 1.165) is 12.1 Å². The summed E-state index contributed by atoms with van der Waals surface area (Å²) in [5.41, 5.74) is -1.03. The Labute approximate surface area is 253 Å². The standard InChI is InChI=1S/C29H30Cl2F3N3O4S/c1-4-26(28(39)35-19(2)3)36(17-20-13-14-22(30)16-25(20)31)27(38)18-37(42(40,41)24-11-6-5-7-12-24)23-10-8-9-21(15-23)29(32,33)34/h5-16,19,26H,4,17-18H2,1-3H3,(H,35,39). The van der Waals surface area contributed by atoms with E-state index in [9.17, 15) is 31.2 Å². The van der Waals surface area contributed by atoms with Crippen LogP contribution >= 0.6 is 23.2 Å². The number of alkyl halides is 3. The summed E-state index contributed by atoms with van der Waals surface area (Å²) >= 11 is 12.4. The Hall–Kier alpha value is -3.28. The molecule has 3 rings (SSSR count). The maximum absolute atomic E-state index is 14.0. The molecule has 42 heavy (non-hydrogen) atoms. The Morgan fingerprint density at radius 2 is 1.62 bits per heavy atom. The molecular formula is C29H30Cl2F3N3O4S. The molecule has 0 bridgehead atoms. The lowest BCUT2D eigenvalue weighted by atomic mass is 10.1. The second kappa shape index (κ2) is 13.8. The van der Waals surface area contributed by atoms with Crippen molar-refractivity contribution >= 4 is 50.7 Å². The van der Waals surface area contributed by atoms with Crippen molar-refractivity contribution in [3.63, 3.8) is 0 Å². The Bertz CT molecular complexity index is 1520. The van der Waals surface area contributed by atoms with Crippen molar-refractivity contribution in [2.75, 3.05) is 10.8 Å². The van der Waals surface area contributed by atoms with Crippen molar-refractivity contribution in [2.24, 2.45) is 0 Å². The second-order valence-electron chi connectivity index (χ2n) is 9.72. The van der Waals surface area contributed by atoms with E-state index in [4.69, 9.17) is 23.2 Å². The van der Waals surface area contributed by atoms with Crippen LogP contribution in [0.15, 0.2) is 77.7 Å². The van der Waals surface area contributed by atoms with Crippen molar-refractivity contribution in [2.45, 2.75) is 56.9 Å². The number of rotatable bonds is 11. The number of carbonyl (C=O) groups excluding carboxylic acids is 2. The summed E-state index contributed by atoms with van der Waals surface area (Å²) < 4.78 is 68.9. The van der Waals surface area contributed by atoms with E-state index >= 15 is 0 Å². The number of benzene rings is 3. The van der Waals surface area contributed by atoms with Crippen LogP contribution in [0.25, 0.3) is 0 Å². The lowest BCUT2D eigenvalue weighted by Gasteiger charge is -2.34. The molecule has 1 N–H and O–H groups in total. The Kier molecular flexibility index (Phi) is 10.9. The van der Waals surface area contributed by atoms with Crippen molar-refractivity contribution in [1.82, 2.24) is 10.2 Å². The lowest BCUT2D eigenvalue weighted by Crippen LogP contribution is -2.53. The predicted octanol–water partition coefficient (Wildman–Crippen LogP) is 6.54. The molecule has 0 spiro atoms. The topological polar surface area (TPSA) is 86.8 Å². The van der Waals surface area contributed by atoms with E-state index in [2.05, 4.69) is 5.32 Å². The number of nitrogens with zero attached hydrogens (tertiary/aromatic N) is 2. The summed E-state index contributed by atoms with van der Waals surface area (Å²) in [6.07, 6.45) is -4.60. The van der Waals surface area contributed by atoms with Gasteiger partial charge in [0, 0.05) is 22.6 Å². The summed E-state index contributed by atoms with van der Waals surface area (Å²) in [6.45, 7) is 4.08. The third kappa shape index (κ3) is 8.17. The normalized spacial score (nSPS) is 12.6. The highest BCUT2D eigenvalue weighted by Crippen LogP contribution is 2.33. The maximum Gasteiger partial charge on any atom is 0.416 e. The van der Waals surface area contributed by atoms with Crippen LogP contribution in [0.5, 0.6) is 0 Å². The second-order valence-corrected chi connectivity index (χ2v) is 12.4. The number of amides is 2. The molecule has 0 heterocycles. The molecule has 0 aromatic heterocycles. The predicted molar refractivity (Wildman–Crippen MR) is 157 cm³/mol. The minimum atomic E-state index is -4.76. The van der Waals surface area contributed by atoms with E-state index in [1.54, 1.807) is 39.0 Å². The van der Waals surface area contributed by atoms with Crippen LogP contribution < -0.4 is 9.62 Å². The highest BCUT2D eigenvalue weighted by Gasteiger charge is 2.36. The van der Waals surface area contributed by atoms with Crippen LogP contribution in [0.2, 0.25) is 10.0 Å². The maximum atomic E-state index is 14.0. The fourth-order valence-corrected chi connectivity index (χ4v) is 6.11. The zero-order valence-corrected chi connectivity index (χ0v) is 25.4. The van der Waals surface area contributed by atoms with Crippen LogP contribution in [0, 0.1) is 0 Å². The van der Waals surface area contributed by atoms with E-state index in [1.165, 1.54) is 41.3 Å². The number of sulfonamides is 1. The smallest absolute Gasteiger partial charge is 0.352 e. The quantitative estimate of drug-likeness (QED) is 0.257. The van der Waals surface area contributed by atoms with Crippen molar-refractivity contribution < 1.29 is 31.2 Å². The number of hydrogen-bond donors (Lipinski definition) is 1. The van der Waals surface area contributed by atoms with Crippen molar-refractivity contribution in [1.29, 1.82) is 0 Å². The lowest BCUT2D eigenvalue weighted by molar-refractivity contribution is -0.140. The van der Waals surface area contributed by atoms with Crippen LogP contribution in [-0.2, 0) is 32.3 Å². The van der Waals surface area contributed by atoms with E-state index in [0.29, 0.717) is 21.0 Å². The molecule has 0 aliphatic heterocycles. The molecule has 2 amide bonds. The van der Waals surface area contributed by atoms with Crippen LogP contribution in [0.4, 0.5) is 18.9 Å². The molecule has 1 atom stereocenters. The molecule has 0 fully saturated rings. The minimum Gasteiger partial charge on any atom is -0.352 e. The molecule has 0 saturated heterocycles. The molecule has 7 nitrogen and oxygen atoms in total. The van der Waals surface area contributed by atoms with Crippen LogP contribution in [-0.4, -0.2) is 43.8 Å². The molecule has 226 valence electrons. The molecule has 1 unspecified atom stereocenters. The number of anilines is 1. The van der Waals surface area contributed by atoms with Gasteiger partial charge in [0.25, 0.3) is 10.0 Å². The SMILES string of the molecule is CCC(C(=O)NC(C)C)N(Cc1ccc(Cl)cc1Cl)C(=O)CN(c1cccc(C(F)(F)F)c1)S(=O)(=O)c1ccccc1. The van der Waals surface area contributed by atoms with Crippen LogP contribution in [0.3, 0.4) is 0 Å². The zero-order valence-electron chi connectivity index (χ0n) is 23.0. The molecule has 3 aromatic carbocycles. The van der Waals surface area contributed by atoms with E-state index in [-0.39, 0.29) is 34.6 Å². The van der Waals surface area contributed by atoms with Crippen LogP contribution in [0.1, 0.15) is 38.3 Å². The molecule has 3 aromatic rings. The van der Waals surface area contributed by atoms with Gasteiger partial charge in [0.15, 0.2) is 0 Å². The summed E-state index contributed by atoms with van der Waals surface area (Å²) in [5.74, 6) is -1.31. The van der Waals surface area contributed by atoms with E-state index < -0.39 is 46.2 Å². The molecule has 0 saturated carbocycles. The summed E-state index contributed by atoms with van der Waals surface area (Å²) in [5, 5.41) is 3.32.